The first-order chi connectivity index (χ1) is 11.8. The molecule has 2 N–H and O–H groups in total. The first-order valence-electron chi connectivity index (χ1n) is 8.43. The van der Waals surface area contributed by atoms with E-state index in [1.807, 2.05) is 16.8 Å². The topological polar surface area (TPSA) is 83.3 Å². The van der Waals surface area contributed by atoms with E-state index in [1.165, 1.54) is 25.9 Å². The molecule has 0 amide bonds. The fraction of sp³-hybridized carbons (Fsp3) is 0.500. The third-order valence-electron chi connectivity index (χ3n) is 5.43. The lowest BCUT2D eigenvalue weighted by molar-refractivity contribution is 0.0270. The first kappa shape index (κ1) is 13.9. The summed E-state index contributed by atoms with van der Waals surface area (Å²) in [5.74, 6) is 3.05. The quantitative estimate of drug-likeness (QED) is 0.837. The Morgan fingerprint density at radius 1 is 1.25 bits per heavy atom. The summed E-state index contributed by atoms with van der Waals surface area (Å²) in [5, 5.41) is 6.97. The molecular weight excluding hydrogens is 304 g/mol. The highest BCUT2D eigenvalue weighted by molar-refractivity contribution is 5.94. The number of aromatic nitrogens is 4. The van der Waals surface area contributed by atoms with Crippen LogP contribution in [-0.2, 0) is 0 Å². The number of rotatable bonds is 2. The lowest BCUT2D eigenvalue weighted by atomic mass is 9.73. The smallest absolute Gasteiger partial charge is 0.197 e. The van der Waals surface area contributed by atoms with Crippen LogP contribution in [0, 0.1) is 5.92 Å². The molecule has 0 aliphatic carbocycles. The minimum Gasteiger partial charge on any atom is -0.347 e. The van der Waals surface area contributed by atoms with Gasteiger partial charge < -0.3 is 15.5 Å². The Labute approximate surface area is 140 Å². The normalized spacial score (nSPS) is 31.1. The van der Waals surface area contributed by atoms with E-state index in [2.05, 4.69) is 30.5 Å². The number of aliphatic imine (C=N–C) groups is 1. The predicted octanol–water partition coefficient (Wildman–Crippen LogP) is 0.498. The fourth-order valence-corrected chi connectivity index (χ4v) is 4.17. The van der Waals surface area contributed by atoms with Crippen LogP contribution in [-0.4, -0.2) is 62.1 Å². The molecule has 2 bridgehead atoms. The Morgan fingerprint density at radius 2 is 2.17 bits per heavy atom. The van der Waals surface area contributed by atoms with Crippen LogP contribution in [0.2, 0.25) is 0 Å². The predicted molar refractivity (Wildman–Crippen MR) is 90.1 cm³/mol. The van der Waals surface area contributed by atoms with Crippen molar-refractivity contribution in [3.05, 3.63) is 31.1 Å². The number of imidazole rings is 1. The number of nitrogens with one attached hydrogen (secondary N) is 2. The van der Waals surface area contributed by atoms with Crippen LogP contribution in [0.15, 0.2) is 36.1 Å². The summed E-state index contributed by atoms with van der Waals surface area (Å²) in [5.41, 5.74) is 0.110. The molecule has 24 heavy (non-hydrogen) atoms. The van der Waals surface area contributed by atoms with Crippen LogP contribution >= 0.6 is 0 Å². The first-order valence-corrected chi connectivity index (χ1v) is 8.43. The van der Waals surface area contributed by atoms with Gasteiger partial charge in [-0.3, -0.25) is 9.56 Å². The van der Waals surface area contributed by atoms with Gasteiger partial charge in [0.2, 0.25) is 0 Å². The molecule has 6 heterocycles. The highest BCUT2D eigenvalue weighted by Gasteiger charge is 2.49. The maximum Gasteiger partial charge on any atom is 0.197 e. The number of hydrogen-bond acceptors (Lipinski definition) is 7. The molecular formula is C16H20N8. The maximum absolute atomic E-state index is 4.71. The number of guanidine groups is 1. The van der Waals surface area contributed by atoms with E-state index in [-0.39, 0.29) is 5.54 Å². The highest BCUT2D eigenvalue weighted by Crippen LogP contribution is 2.37. The lowest BCUT2D eigenvalue weighted by Crippen LogP contribution is -2.66. The molecule has 2 aromatic heterocycles. The summed E-state index contributed by atoms with van der Waals surface area (Å²) in [7, 11) is 0. The molecule has 1 unspecified atom stereocenters. The van der Waals surface area contributed by atoms with Crippen molar-refractivity contribution in [2.75, 3.05) is 31.5 Å². The molecule has 1 atom stereocenters. The molecule has 8 heteroatoms. The third kappa shape index (κ3) is 2.25. The van der Waals surface area contributed by atoms with E-state index in [9.17, 15) is 0 Å². The monoisotopic (exact) mass is 324 g/mol. The number of nitrogens with zero attached hydrogens (tertiary/aromatic N) is 6. The number of anilines is 1. The number of hydrogen-bond donors (Lipinski definition) is 2. The van der Waals surface area contributed by atoms with E-state index >= 15 is 0 Å². The van der Waals surface area contributed by atoms with Crippen molar-refractivity contribution in [3.8, 4) is 5.82 Å². The third-order valence-corrected chi connectivity index (χ3v) is 5.43. The summed E-state index contributed by atoms with van der Waals surface area (Å²) in [4.78, 5) is 19.9. The van der Waals surface area contributed by atoms with Gasteiger partial charge in [-0.2, -0.15) is 0 Å². The summed E-state index contributed by atoms with van der Waals surface area (Å²) in [6, 6.07) is 1.90. The molecule has 6 rings (SSSR count). The van der Waals surface area contributed by atoms with Crippen LogP contribution in [0.25, 0.3) is 5.82 Å². The van der Waals surface area contributed by atoms with Gasteiger partial charge in [0.15, 0.2) is 5.96 Å². The molecule has 1 spiro atoms. The molecule has 3 saturated heterocycles. The number of piperidine rings is 3. The lowest BCUT2D eigenvalue weighted by Gasteiger charge is -2.51. The Hall–Kier alpha value is -2.48. The van der Waals surface area contributed by atoms with Crippen LogP contribution in [0.4, 0.5) is 5.82 Å². The average molecular weight is 324 g/mol. The van der Waals surface area contributed by atoms with Gasteiger partial charge in [0.1, 0.15) is 24.3 Å². The summed E-state index contributed by atoms with van der Waals surface area (Å²) in [6.45, 7) is 4.40. The van der Waals surface area contributed by atoms with E-state index in [0.29, 0.717) is 0 Å². The Morgan fingerprint density at radius 3 is 2.92 bits per heavy atom. The second-order valence-corrected chi connectivity index (χ2v) is 6.85. The summed E-state index contributed by atoms with van der Waals surface area (Å²) >= 11 is 0. The maximum atomic E-state index is 4.71. The Balaban J connectivity index is 1.32. The van der Waals surface area contributed by atoms with E-state index < -0.39 is 0 Å². The van der Waals surface area contributed by atoms with Crippen molar-refractivity contribution in [2.24, 2.45) is 10.9 Å². The van der Waals surface area contributed by atoms with Crippen LogP contribution in [0.5, 0.6) is 0 Å². The van der Waals surface area contributed by atoms with Gasteiger partial charge in [0.05, 0.1) is 12.1 Å². The largest absolute Gasteiger partial charge is 0.347 e. The van der Waals surface area contributed by atoms with Crippen molar-refractivity contribution in [1.82, 2.24) is 29.7 Å². The highest BCUT2D eigenvalue weighted by atomic mass is 15.3. The zero-order valence-electron chi connectivity index (χ0n) is 13.4. The minimum absolute atomic E-state index is 0.110. The molecule has 0 radical (unpaired) electrons. The van der Waals surface area contributed by atoms with Gasteiger partial charge >= 0.3 is 0 Å². The second kappa shape index (κ2) is 5.27. The van der Waals surface area contributed by atoms with Crippen LogP contribution in [0.3, 0.4) is 0 Å². The standard InChI is InChI=1S/C16H20N8/c1-4-23-5-2-12(1)16(9-23)8-18-15(22-16)21-13-7-14(20-10-19-13)24-6-3-17-11-24/h3,6-7,10-12H,1-2,4-5,8-9H2,(H2,18,19,20,21,22). The molecule has 0 aromatic carbocycles. The van der Waals surface area contributed by atoms with Gasteiger partial charge in [-0.1, -0.05) is 0 Å². The zero-order chi connectivity index (χ0) is 16.0. The molecule has 4 aliphatic rings. The molecule has 8 nitrogen and oxygen atoms in total. The van der Waals surface area contributed by atoms with Crippen molar-refractivity contribution in [3.63, 3.8) is 0 Å². The Bertz CT molecular complexity index is 762. The molecule has 4 aliphatic heterocycles. The second-order valence-electron chi connectivity index (χ2n) is 6.85. The van der Waals surface area contributed by atoms with Crippen LogP contribution in [0.1, 0.15) is 12.8 Å². The van der Waals surface area contributed by atoms with Crippen LogP contribution < -0.4 is 10.6 Å². The van der Waals surface area contributed by atoms with Crippen molar-refractivity contribution in [2.45, 2.75) is 18.4 Å². The van der Waals surface area contributed by atoms with Gasteiger partial charge in [0, 0.05) is 25.0 Å². The zero-order valence-corrected chi connectivity index (χ0v) is 13.4. The number of fused-ring (bicyclic) bond motifs is 2. The summed E-state index contributed by atoms with van der Waals surface area (Å²) < 4.78 is 1.85. The minimum atomic E-state index is 0.110. The van der Waals surface area contributed by atoms with E-state index in [0.717, 1.165) is 36.6 Å². The van der Waals surface area contributed by atoms with Gasteiger partial charge in [-0.05, 0) is 31.8 Å². The van der Waals surface area contributed by atoms with Crippen molar-refractivity contribution < 1.29 is 0 Å². The van der Waals surface area contributed by atoms with Gasteiger partial charge in [0.25, 0.3) is 0 Å². The average Bonchev–Trinajstić information content (AvgIpc) is 3.27. The molecule has 2 aromatic rings. The Kier molecular flexibility index (Phi) is 3.05. The molecule has 3 fully saturated rings. The van der Waals surface area contributed by atoms with E-state index in [1.54, 1.807) is 18.9 Å². The molecule has 124 valence electrons. The SMILES string of the molecule is c1cn(-c2cc(NC3=NCC4(CN5CCC4CC5)N3)ncn2)cn1. The van der Waals surface area contributed by atoms with Crippen molar-refractivity contribution in [1.29, 1.82) is 0 Å². The van der Waals surface area contributed by atoms with Gasteiger partial charge in [-0.25, -0.2) is 15.0 Å². The summed E-state index contributed by atoms with van der Waals surface area (Å²) in [6.07, 6.45) is 9.41. The van der Waals surface area contributed by atoms with Gasteiger partial charge in [-0.15, -0.1) is 0 Å². The van der Waals surface area contributed by atoms with Crippen molar-refractivity contribution >= 4 is 11.8 Å². The fourth-order valence-electron chi connectivity index (χ4n) is 4.17. The molecule has 0 saturated carbocycles. The van der Waals surface area contributed by atoms with E-state index in [4.69, 9.17) is 4.99 Å².